The van der Waals surface area contributed by atoms with Gasteiger partial charge < -0.3 is 10.1 Å². The van der Waals surface area contributed by atoms with Crippen LogP contribution in [0.15, 0.2) is 18.3 Å². The maximum atomic E-state index is 12.6. The van der Waals surface area contributed by atoms with Gasteiger partial charge in [-0.15, -0.1) is 0 Å². The molecule has 1 amide bonds. The number of rotatable bonds is 5. The van der Waals surface area contributed by atoms with Crippen LogP contribution in [0.3, 0.4) is 0 Å². The van der Waals surface area contributed by atoms with Gasteiger partial charge in [-0.05, 0) is 69.3 Å². The second-order valence-electron chi connectivity index (χ2n) is 8.84. The van der Waals surface area contributed by atoms with Gasteiger partial charge in [0.1, 0.15) is 6.10 Å². The van der Waals surface area contributed by atoms with Gasteiger partial charge in [0.2, 0.25) is 11.8 Å². The summed E-state index contributed by atoms with van der Waals surface area (Å²) in [6.07, 6.45) is 3.71. The van der Waals surface area contributed by atoms with Crippen LogP contribution in [-0.4, -0.2) is 23.0 Å². The number of carbonyl (C=O) groups excluding carboxylic acids is 1. The number of amides is 1. The summed E-state index contributed by atoms with van der Waals surface area (Å²) in [5, 5.41) is 3.21. The molecule has 0 atom stereocenters. The first-order valence-corrected chi connectivity index (χ1v) is 10.7. The molecule has 2 aliphatic carbocycles. The lowest BCUT2D eigenvalue weighted by Gasteiger charge is -2.33. The van der Waals surface area contributed by atoms with Crippen LogP contribution in [0.4, 0.5) is 13.2 Å². The number of pyridine rings is 1. The molecule has 2 aliphatic rings. The van der Waals surface area contributed by atoms with E-state index in [0.717, 1.165) is 69.5 Å². The van der Waals surface area contributed by atoms with E-state index < -0.39 is 11.7 Å². The summed E-state index contributed by atoms with van der Waals surface area (Å²) in [5.41, 5.74) is -0.779. The average molecular weight is 412 g/mol. The van der Waals surface area contributed by atoms with E-state index in [4.69, 9.17) is 4.74 Å². The van der Waals surface area contributed by atoms with Crippen LogP contribution < -0.4 is 10.1 Å². The molecule has 7 heteroatoms. The van der Waals surface area contributed by atoms with Gasteiger partial charge in [0.15, 0.2) is 0 Å². The molecule has 0 spiro atoms. The lowest BCUT2D eigenvalue weighted by atomic mass is 9.76. The lowest BCUT2D eigenvalue weighted by Crippen LogP contribution is -2.43. The van der Waals surface area contributed by atoms with Gasteiger partial charge in [-0.3, -0.25) is 4.79 Å². The van der Waals surface area contributed by atoms with Crippen LogP contribution in [-0.2, 0) is 11.0 Å². The Labute approximate surface area is 170 Å². The minimum Gasteiger partial charge on any atom is -0.474 e. The summed E-state index contributed by atoms with van der Waals surface area (Å²) in [6.45, 7) is 4.51. The number of aromatic nitrogens is 1. The zero-order chi connectivity index (χ0) is 21.0. The first-order valence-electron chi connectivity index (χ1n) is 10.7. The van der Waals surface area contributed by atoms with Gasteiger partial charge >= 0.3 is 6.18 Å². The molecule has 0 aromatic carbocycles. The van der Waals surface area contributed by atoms with E-state index in [1.807, 2.05) is 0 Å². The fourth-order valence-corrected chi connectivity index (χ4v) is 4.48. The smallest absolute Gasteiger partial charge is 0.417 e. The monoisotopic (exact) mass is 412 g/mol. The molecular formula is C22H31F3N2O2. The molecular weight excluding hydrogens is 381 g/mol. The molecule has 2 fully saturated rings. The van der Waals surface area contributed by atoms with Crippen molar-refractivity contribution in [3.05, 3.63) is 23.9 Å². The van der Waals surface area contributed by atoms with Crippen LogP contribution in [0.25, 0.3) is 0 Å². The Kier molecular flexibility index (Phi) is 7.06. The van der Waals surface area contributed by atoms with Crippen molar-refractivity contribution in [2.75, 3.05) is 0 Å². The van der Waals surface area contributed by atoms with Crippen LogP contribution in [0, 0.1) is 17.8 Å². The summed E-state index contributed by atoms with van der Waals surface area (Å²) in [5.74, 6) is 1.96. The first-order chi connectivity index (χ1) is 13.7. The Bertz CT molecular complexity index is 660. The Hall–Kier alpha value is -1.79. The van der Waals surface area contributed by atoms with E-state index in [9.17, 15) is 18.0 Å². The third kappa shape index (κ3) is 6.09. The minimum atomic E-state index is -4.39. The Morgan fingerprint density at radius 1 is 1.07 bits per heavy atom. The highest BCUT2D eigenvalue weighted by molar-refractivity contribution is 5.79. The fraction of sp³-hybridized carbons (Fsp3) is 0.727. The molecule has 1 aromatic heterocycles. The van der Waals surface area contributed by atoms with E-state index in [-0.39, 0.29) is 29.9 Å². The Morgan fingerprint density at radius 2 is 1.72 bits per heavy atom. The average Bonchev–Trinajstić information content (AvgIpc) is 2.69. The number of hydrogen-bond acceptors (Lipinski definition) is 3. The normalized spacial score (nSPS) is 28.2. The summed E-state index contributed by atoms with van der Waals surface area (Å²) < 4.78 is 43.5. The Balaban J connectivity index is 1.40. The molecule has 0 aliphatic heterocycles. The van der Waals surface area contributed by atoms with Gasteiger partial charge in [0, 0.05) is 24.2 Å². The van der Waals surface area contributed by atoms with Crippen molar-refractivity contribution >= 4 is 5.91 Å². The molecule has 4 nitrogen and oxygen atoms in total. The predicted octanol–water partition coefficient (Wildman–Crippen LogP) is 5.37. The Morgan fingerprint density at radius 3 is 2.24 bits per heavy atom. The van der Waals surface area contributed by atoms with Crippen molar-refractivity contribution in [3.63, 3.8) is 0 Å². The van der Waals surface area contributed by atoms with E-state index in [0.29, 0.717) is 5.92 Å². The van der Waals surface area contributed by atoms with Crippen molar-refractivity contribution in [1.82, 2.24) is 10.3 Å². The molecule has 0 unspecified atom stereocenters. The molecule has 29 heavy (non-hydrogen) atoms. The topological polar surface area (TPSA) is 51.2 Å². The maximum absolute atomic E-state index is 12.6. The molecule has 1 N–H and O–H groups in total. The highest BCUT2D eigenvalue weighted by atomic mass is 19.4. The molecule has 3 rings (SSSR count). The van der Waals surface area contributed by atoms with Crippen molar-refractivity contribution in [2.24, 2.45) is 17.8 Å². The third-order valence-electron chi connectivity index (χ3n) is 6.46. The van der Waals surface area contributed by atoms with Gasteiger partial charge in [0.25, 0.3) is 0 Å². The van der Waals surface area contributed by atoms with Crippen LogP contribution in [0.1, 0.15) is 70.8 Å². The molecule has 162 valence electrons. The SMILES string of the molecule is CC(C)C1CCC(C(=O)NC2CCC(Oc3ccc(C(F)(F)F)cn3)CC2)CC1. The summed E-state index contributed by atoms with van der Waals surface area (Å²) in [6, 6.07) is 2.41. The van der Waals surface area contributed by atoms with Crippen molar-refractivity contribution in [1.29, 1.82) is 0 Å². The molecule has 1 heterocycles. The molecule has 0 bridgehead atoms. The maximum Gasteiger partial charge on any atom is 0.417 e. The number of nitrogens with zero attached hydrogens (tertiary/aromatic N) is 1. The largest absolute Gasteiger partial charge is 0.474 e. The second-order valence-corrected chi connectivity index (χ2v) is 8.84. The van der Waals surface area contributed by atoms with E-state index >= 15 is 0 Å². The number of ether oxygens (including phenoxy) is 1. The van der Waals surface area contributed by atoms with Gasteiger partial charge in [0.05, 0.1) is 5.56 Å². The summed E-state index contributed by atoms with van der Waals surface area (Å²) >= 11 is 0. The van der Waals surface area contributed by atoms with Gasteiger partial charge in [-0.1, -0.05) is 13.8 Å². The van der Waals surface area contributed by atoms with E-state index in [2.05, 4.69) is 24.1 Å². The van der Waals surface area contributed by atoms with E-state index in [1.165, 1.54) is 6.07 Å². The van der Waals surface area contributed by atoms with Crippen molar-refractivity contribution in [2.45, 2.75) is 83.5 Å². The molecule has 0 saturated heterocycles. The van der Waals surface area contributed by atoms with Crippen LogP contribution in [0.5, 0.6) is 5.88 Å². The summed E-state index contributed by atoms with van der Waals surface area (Å²) in [4.78, 5) is 16.4. The second kappa shape index (κ2) is 9.35. The zero-order valence-corrected chi connectivity index (χ0v) is 17.2. The number of nitrogens with one attached hydrogen (secondary N) is 1. The highest BCUT2D eigenvalue weighted by Gasteiger charge is 2.32. The molecule has 2 saturated carbocycles. The quantitative estimate of drug-likeness (QED) is 0.707. The standard InChI is InChI=1S/C22H31F3N2O2/c1-14(2)15-3-5-16(6-4-15)21(28)27-18-8-10-19(11-9-18)29-20-12-7-17(13-26-20)22(23,24)25/h7,12-16,18-19H,3-6,8-11H2,1-2H3,(H,27,28). The van der Waals surface area contributed by atoms with Gasteiger partial charge in [-0.2, -0.15) is 13.2 Å². The number of hydrogen-bond donors (Lipinski definition) is 1. The predicted molar refractivity (Wildman–Crippen MR) is 104 cm³/mol. The lowest BCUT2D eigenvalue weighted by molar-refractivity contribution is -0.137. The van der Waals surface area contributed by atoms with E-state index in [1.54, 1.807) is 0 Å². The van der Waals surface area contributed by atoms with Crippen LogP contribution >= 0.6 is 0 Å². The fourth-order valence-electron chi connectivity index (χ4n) is 4.48. The molecule has 0 radical (unpaired) electrons. The minimum absolute atomic E-state index is 0.0751. The van der Waals surface area contributed by atoms with Crippen LogP contribution in [0.2, 0.25) is 0 Å². The third-order valence-corrected chi connectivity index (χ3v) is 6.46. The van der Waals surface area contributed by atoms with Crippen molar-refractivity contribution in [3.8, 4) is 5.88 Å². The number of carbonyl (C=O) groups is 1. The summed E-state index contributed by atoms with van der Waals surface area (Å²) in [7, 11) is 0. The highest BCUT2D eigenvalue weighted by Crippen LogP contribution is 2.34. The zero-order valence-electron chi connectivity index (χ0n) is 17.2. The van der Waals surface area contributed by atoms with Gasteiger partial charge in [-0.25, -0.2) is 4.98 Å². The van der Waals surface area contributed by atoms with Crippen molar-refractivity contribution < 1.29 is 22.7 Å². The molecule has 1 aromatic rings. The number of halogens is 3. The first kappa shape index (κ1) is 21.9. The number of alkyl halides is 3.